The fourth-order valence-electron chi connectivity index (χ4n) is 2.56. The number of carbonyl (C=O) groups is 1. The number of halogens is 1. The van der Waals surface area contributed by atoms with Crippen molar-refractivity contribution in [2.24, 2.45) is 0 Å². The molecule has 1 N–H and O–H groups in total. The predicted octanol–water partition coefficient (Wildman–Crippen LogP) is 4.31. The maximum Gasteiger partial charge on any atom is 0.234 e. The smallest absolute Gasteiger partial charge is 0.234 e. The Kier molecular flexibility index (Phi) is 3.46. The Bertz CT molecular complexity index is 708. The van der Waals surface area contributed by atoms with E-state index in [1.165, 1.54) is 0 Å². The van der Waals surface area contributed by atoms with Gasteiger partial charge < -0.3 is 10.1 Å². The Morgan fingerprint density at radius 1 is 1.33 bits per heavy atom. The predicted molar refractivity (Wildman–Crippen MR) is 86.7 cm³/mol. The molecule has 2 aromatic rings. The molecule has 1 aromatic heterocycles. The van der Waals surface area contributed by atoms with E-state index in [9.17, 15) is 4.79 Å². The van der Waals surface area contributed by atoms with Gasteiger partial charge in [0.2, 0.25) is 5.91 Å². The fourth-order valence-corrected chi connectivity index (χ4v) is 3.82. The molecule has 0 saturated carbocycles. The third kappa shape index (κ3) is 2.23. The summed E-state index contributed by atoms with van der Waals surface area (Å²) in [6, 6.07) is 7.81. The number of rotatable bonds is 3. The summed E-state index contributed by atoms with van der Waals surface area (Å²) in [5, 5.41) is 4.59. The number of anilines is 1. The van der Waals surface area contributed by atoms with Gasteiger partial charge in [-0.2, -0.15) is 0 Å². The van der Waals surface area contributed by atoms with Gasteiger partial charge in [-0.05, 0) is 42.5 Å². The number of amides is 1. The molecule has 2 heterocycles. The zero-order chi connectivity index (χ0) is 15.2. The summed E-state index contributed by atoms with van der Waals surface area (Å²) in [5.41, 5.74) is 2.31. The lowest BCUT2D eigenvalue weighted by molar-refractivity contribution is -0.119. The van der Waals surface area contributed by atoms with Crippen molar-refractivity contribution < 1.29 is 9.53 Å². The highest BCUT2D eigenvalue weighted by Crippen LogP contribution is 2.43. The largest absolute Gasteiger partial charge is 0.496 e. The van der Waals surface area contributed by atoms with Crippen LogP contribution in [0.15, 0.2) is 29.6 Å². The minimum absolute atomic E-state index is 0.0227. The van der Waals surface area contributed by atoms with E-state index < -0.39 is 5.41 Å². The Morgan fingerprint density at radius 3 is 2.81 bits per heavy atom. The summed E-state index contributed by atoms with van der Waals surface area (Å²) < 4.78 is 5.34. The van der Waals surface area contributed by atoms with Gasteiger partial charge in [-0.25, -0.2) is 0 Å². The molecule has 110 valence electrons. The van der Waals surface area contributed by atoms with Crippen LogP contribution in [0.5, 0.6) is 5.75 Å². The second kappa shape index (κ2) is 5.04. The van der Waals surface area contributed by atoms with Crippen molar-refractivity contribution in [2.45, 2.75) is 24.6 Å². The van der Waals surface area contributed by atoms with E-state index >= 15 is 0 Å². The lowest BCUT2D eigenvalue weighted by Crippen LogP contribution is -2.26. The van der Waals surface area contributed by atoms with Crippen molar-refractivity contribution in [3.63, 3.8) is 0 Å². The van der Waals surface area contributed by atoms with Gasteiger partial charge in [0.15, 0.2) is 0 Å². The molecule has 1 atom stereocenters. The second-order valence-electron chi connectivity index (χ2n) is 5.60. The fraction of sp³-hybridized carbons (Fsp3) is 0.312. The SMILES string of the molecule is COc1ccsc1C(Cl)c1ccc2c(c1)C(C)(C)C(=O)N2. The number of fused-ring (bicyclic) bond motifs is 1. The summed E-state index contributed by atoms with van der Waals surface area (Å²) in [6.45, 7) is 3.85. The molecule has 3 rings (SSSR count). The number of ether oxygens (including phenoxy) is 1. The monoisotopic (exact) mass is 321 g/mol. The van der Waals surface area contributed by atoms with E-state index in [4.69, 9.17) is 16.3 Å². The molecule has 0 spiro atoms. The second-order valence-corrected chi connectivity index (χ2v) is 6.98. The molecule has 0 bridgehead atoms. The topological polar surface area (TPSA) is 38.3 Å². The zero-order valence-corrected chi connectivity index (χ0v) is 13.6. The van der Waals surface area contributed by atoms with Crippen LogP contribution in [0.3, 0.4) is 0 Å². The Balaban J connectivity index is 2.02. The number of benzene rings is 1. The Hall–Kier alpha value is -1.52. The van der Waals surface area contributed by atoms with Gasteiger partial charge in [-0.1, -0.05) is 12.1 Å². The molecule has 5 heteroatoms. The van der Waals surface area contributed by atoms with Crippen LogP contribution in [0.2, 0.25) is 0 Å². The number of hydrogen-bond donors (Lipinski definition) is 1. The van der Waals surface area contributed by atoms with E-state index in [1.807, 2.05) is 43.5 Å². The highest BCUT2D eigenvalue weighted by molar-refractivity contribution is 7.10. The van der Waals surface area contributed by atoms with Gasteiger partial charge in [0.05, 0.1) is 22.8 Å². The third-order valence-electron chi connectivity index (χ3n) is 3.93. The lowest BCUT2D eigenvalue weighted by Gasteiger charge is -2.17. The van der Waals surface area contributed by atoms with Gasteiger partial charge in [0, 0.05) is 5.69 Å². The van der Waals surface area contributed by atoms with Gasteiger partial charge in [-0.3, -0.25) is 4.79 Å². The number of alkyl halides is 1. The van der Waals surface area contributed by atoms with Gasteiger partial charge in [-0.15, -0.1) is 22.9 Å². The average Bonchev–Trinajstić information content (AvgIpc) is 3.02. The molecule has 21 heavy (non-hydrogen) atoms. The standard InChI is InChI=1S/C16H16ClNO2S/c1-16(2)10-8-9(4-5-11(10)18-15(16)19)13(17)14-12(20-3)6-7-21-14/h4-8,13H,1-3H3,(H,18,19). The first-order valence-electron chi connectivity index (χ1n) is 6.66. The molecular formula is C16H16ClNO2S. The van der Waals surface area contributed by atoms with E-state index in [0.29, 0.717) is 0 Å². The molecule has 0 aliphatic carbocycles. The summed E-state index contributed by atoms with van der Waals surface area (Å²) in [7, 11) is 1.64. The molecule has 1 aliphatic rings. The highest BCUT2D eigenvalue weighted by atomic mass is 35.5. The first kappa shape index (κ1) is 14.4. The zero-order valence-electron chi connectivity index (χ0n) is 12.1. The van der Waals surface area contributed by atoms with Crippen LogP contribution < -0.4 is 10.1 Å². The maximum atomic E-state index is 12.0. The number of carbonyl (C=O) groups excluding carboxylic acids is 1. The number of hydrogen-bond acceptors (Lipinski definition) is 3. The third-order valence-corrected chi connectivity index (χ3v) is 5.50. The van der Waals surface area contributed by atoms with Crippen LogP contribution in [-0.4, -0.2) is 13.0 Å². The molecule has 1 amide bonds. The van der Waals surface area contributed by atoms with Crippen LogP contribution in [0.25, 0.3) is 0 Å². The molecule has 0 saturated heterocycles. The van der Waals surface area contributed by atoms with Gasteiger partial charge >= 0.3 is 0 Å². The number of methoxy groups -OCH3 is 1. The molecule has 0 radical (unpaired) electrons. The van der Waals surface area contributed by atoms with Crippen LogP contribution in [0.4, 0.5) is 5.69 Å². The van der Waals surface area contributed by atoms with Crippen LogP contribution in [0, 0.1) is 0 Å². The average molecular weight is 322 g/mol. The minimum Gasteiger partial charge on any atom is -0.496 e. The summed E-state index contributed by atoms with van der Waals surface area (Å²) in [6.07, 6.45) is 0. The highest BCUT2D eigenvalue weighted by Gasteiger charge is 2.38. The van der Waals surface area contributed by atoms with E-state index in [2.05, 4.69) is 5.32 Å². The van der Waals surface area contributed by atoms with Crippen molar-refractivity contribution >= 4 is 34.5 Å². The molecule has 1 aromatic carbocycles. The van der Waals surface area contributed by atoms with Gasteiger partial charge in [0.25, 0.3) is 0 Å². The molecule has 1 unspecified atom stereocenters. The first-order valence-corrected chi connectivity index (χ1v) is 7.98. The summed E-state index contributed by atoms with van der Waals surface area (Å²) >= 11 is 8.18. The molecule has 0 fully saturated rings. The van der Waals surface area contributed by atoms with Crippen molar-refractivity contribution in [1.29, 1.82) is 0 Å². The first-order chi connectivity index (χ1) is 9.95. The van der Waals surface area contributed by atoms with Gasteiger partial charge in [0.1, 0.15) is 5.75 Å². The quantitative estimate of drug-likeness (QED) is 0.855. The van der Waals surface area contributed by atoms with E-state index in [1.54, 1.807) is 18.4 Å². The maximum absolute atomic E-state index is 12.0. The Labute approximate surface area is 132 Å². The van der Waals surface area contributed by atoms with E-state index in [0.717, 1.165) is 27.4 Å². The molecule has 1 aliphatic heterocycles. The summed E-state index contributed by atoms with van der Waals surface area (Å²) in [5.74, 6) is 0.823. The Morgan fingerprint density at radius 2 is 2.10 bits per heavy atom. The van der Waals surface area contributed by atoms with Crippen molar-refractivity contribution in [2.75, 3.05) is 12.4 Å². The van der Waals surface area contributed by atoms with E-state index in [-0.39, 0.29) is 11.3 Å². The van der Waals surface area contributed by atoms with Crippen molar-refractivity contribution in [3.8, 4) is 5.75 Å². The number of thiophene rings is 1. The van der Waals surface area contributed by atoms with Crippen molar-refractivity contribution in [3.05, 3.63) is 45.6 Å². The van der Waals surface area contributed by atoms with Crippen LogP contribution >= 0.6 is 22.9 Å². The van der Waals surface area contributed by atoms with Crippen molar-refractivity contribution in [1.82, 2.24) is 0 Å². The van der Waals surface area contributed by atoms with Crippen LogP contribution in [0.1, 0.15) is 35.2 Å². The number of nitrogens with one attached hydrogen (secondary N) is 1. The summed E-state index contributed by atoms with van der Waals surface area (Å²) in [4.78, 5) is 13.0. The minimum atomic E-state index is -0.526. The lowest BCUT2D eigenvalue weighted by atomic mass is 9.85. The normalized spacial score (nSPS) is 17.2. The van der Waals surface area contributed by atoms with Crippen LogP contribution in [-0.2, 0) is 10.2 Å². The molecule has 3 nitrogen and oxygen atoms in total. The molecular weight excluding hydrogens is 306 g/mol.